The molecule has 110 valence electrons. The maximum atomic E-state index is 4.41. The van der Waals surface area contributed by atoms with Crippen LogP contribution >= 0.6 is 0 Å². The van der Waals surface area contributed by atoms with E-state index in [1.165, 1.54) is 19.3 Å². The van der Waals surface area contributed by atoms with E-state index in [0.29, 0.717) is 0 Å². The molecular formula is C15H34O2Sn. The van der Waals surface area contributed by atoms with Crippen LogP contribution in [0.5, 0.6) is 0 Å². The number of hydrogen-bond acceptors (Lipinski definition) is 2. The first-order valence-corrected chi connectivity index (χ1v) is 6.40. The Morgan fingerprint density at radius 1 is 0.778 bits per heavy atom. The fraction of sp³-hybridized carbons (Fsp3) is 0.733. The van der Waals surface area contributed by atoms with E-state index in [4.69, 9.17) is 0 Å². The minimum atomic E-state index is 0. The van der Waals surface area contributed by atoms with Gasteiger partial charge in [0.2, 0.25) is 0 Å². The van der Waals surface area contributed by atoms with Crippen molar-refractivity contribution in [1.29, 1.82) is 0 Å². The van der Waals surface area contributed by atoms with Gasteiger partial charge >= 0.3 is 0 Å². The van der Waals surface area contributed by atoms with E-state index in [-0.39, 0.29) is 30.7 Å². The Bertz CT molecular complexity index is 54.0. The summed E-state index contributed by atoms with van der Waals surface area (Å²) in [6, 6.07) is 0. The second-order valence-electron chi connectivity index (χ2n) is 3.17. The van der Waals surface area contributed by atoms with Crippen molar-refractivity contribution in [3.05, 3.63) is 27.9 Å². The van der Waals surface area contributed by atoms with Crippen LogP contribution in [0.4, 0.5) is 0 Å². The van der Waals surface area contributed by atoms with E-state index < -0.39 is 0 Å². The summed E-state index contributed by atoms with van der Waals surface area (Å²) in [5, 5.41) is 0. The molecule has 0 aromatic carbocycles. The van der Waals surface area contributed by atoms with Crippen LogP contribution in [-0.4, -0.2) is 37.8 Å². The maximum absolute atomic E-state index is 4.41. The van der Waals surface area contributed by atoms with Crippen molar-refractivity contribution < 1.29 is 9.47 Å². The quantitative estimate of drug-likeness (QED) is 0.511. The molecule has 0 saturated heterocycles. The second kappa shape index (κ2) is 52.4. The van der Waals surface area contributed by atoms with Gasteiger partial charge < -0.3 is 9.47 Å². The average molecular weight is 365 g/mol. The topological polar surface area (TPSA) is 18.5 Å². The van der Waals surface area contributed by atoms with Crippen molar-refractivity contribution >= 4 is 23.9 Å². The molecule has 0 spiro atoms. The Morgan fingerprint density at radius 2 is 1.00 bits per heavy atom. The molecule has 0 amide bonds. The number of unbranched alkanes of at least 4 members (excludes halogenated alkanes) is 3. The van der Waals surface area contributed by atoms with Crippen LogP contribution in [0, 0.1) is 27.9 Å². The summed E-state index contributed by atoms with van der Waals surface area (Å²) < 4.78 is 8.62. The molecule has 0 saturated carbocycles. The minimum absolute atomic E-state index is 0. The van der Waals surface area contributed by atoms with Gasteiger partial charge in [0.25, 0.3) is 0 Å². The van der Waals surface area contributed by atoms with E-state index in [1.54, 1.807) is 7.11 Å². The SMILES string of the molecule is [CH2]CCC.[CH2]CCC.[CH2]CCC.[CH2]OCOC.[Sn]. The third-order valence-electron chi connectivity index (χ3n) is 1.26. The predicted octanol–water partition coefficient (Wildman–Crippen LogP) is 4.88. The summed E-state index contributed by atoms with van der Waals surface area (Å²) in [5.41, 5.74) is 0. The molecule has 0 atom stereocenters. The Kier molecular flexibility index (Phi) is 91.0. The molecule has 0 aromatic heterocycles. The molecule has 2 nitrogen and oxygen atoms in total. The van der Waals surface area contributed by atoms with Gasteiger partial charge in [-0.1, -0.05) is 80.1 Å². The first-order valence-electron chi connectivity index (χ1n) is 6.40. The Balaban J connectivity index is -0.0000000412. The number of hydrogen-bond donors (Lipinski definition) is 0. The number of methoxy groups -OCH3 is 1. The van der Waals surface area contributed by atoms with Crippen molar-refractivity contribution in [3.8, 4) is 0 Å². The van der Waals surface area contributed by atoms with Crippen LogP contribution in [0.2, 0.25) is 0 Å². The summed E-state index contributed by atoms with van der Waals surface area (Å²) in [6.45, 7) is 17.4. The van der Waals surface area contributed by atoms with Crippen molar-refractivity contribution in [1.82, 2.24) is 0 Å². The third-order valence-corrected chi connectivity index (χ3v) is 1.26. The van der Waals surface area contributed by atoms with Gasteiger partial charge in [0, 0.05) is 31.0 Å². The van der Waals surface area contributed by atoms with Crippen molar-refractivity contribution in [3.63, 3.8) is 0 Å². The number of ether oxygens (including phenoxy) is 2. The fourth-order valence-electron chi connectivity index (χ4n) is 0.0833. The van der Waals surface area contributed by atoms with E-state index in [0.717, 1.165) is 19.3 Å². The monoisotopic (exact) mass is 366 g/mol. The first-order chi connectivity index (χ1) is 8.16. The molecule has 0 aromatic rings. The van der Waals surface area contributed by atoms with Crippen LogP contribution in [0.25, 0.3) is 0 Å². The second-order valence-corrected chi connectivity index (χ2v) is 3.17. The Labute approximate surface area is 134 Å². The van der Waals surface area contributed by atoms with Crippen molar-refractivity contribution in [2.75, 3.05) is 13.9 Å². The first kappa shape index (κ1) is 31.2. The van der Waals surface area contributed by atoms with E-state index >= 15 is 0 Å². The van der Waals surface area contributed by atoms with Crippen molar-refractivity contribution in [2.45, 2.75) is 59.3 Å². The molecule has 0 aliphatic carbocycles. The van der Waals surface area contributed by atoms with E-state index in [9.17, 15) is 0 Å². The molecule has 0 heterocycles. The summed E-state index contributed by atoms with van der Waals surface area (Å²) >= 11 is 0. The average Bonchev–Trinajstić information content (AvgIpc) is 2.40. The van der Waals surface area contributed by atoms with Crippen LogP contribution < -0.4 is 0 Å². The maximum Gasteiger partial charge on any atom is 0.146 e. The standard InChI is InChI=1S/3C4H9.C3H7O2.Sn/c3*1-3-4-2;1-4-3-5-2;/h3*1,3-4H2,2H3;1,3H2,2H3;. The molecule has 3 heteroatoms. The smallest absolute Gasteiger partial charge is 0.146 e. The van der Waals surface area contributed by atoms with Gasteiger partial charge in [0.15, 0.2) is 0 Å². The molecular weight excluding hydrogens is 331 g/mol. The molecule has 0 unspecified atom stereocenters. The molecule has 0 aliphatic heterocycles. The van der Waals surface area contributed by atoms with Crippen LogP contribution in [0.15, 0.2) is 0 Å². The number of rotatable bonds is 5. The zero-order chi connectivity index (χ0) is 14.4. The molecule has 0 bridgehead atoms. The fourth-order valence-corrected chi connectivity index (χ4v) is 0.0833. The Morgan fingerprint density at radius 3 is 1.00 bits per heavy atom. The largest absolute Gasteiger partial charge is 0.359 e. The summed E-state index contributed by atoms with van der Waals surface area (Å²) in [7, 11) is 4.60. The summed E-state index contributed by atoms with van der Waals surface area (Å²) in [5.74, 6) is 0. The van der Waals surface area contributed by atoms with Gasteiger partial charge in [-0.05, 0) is 0 Å². The van der Waals surface area contributed by atoms with Gasteiger partial charge in [0.05, 0.1) is 7.11 Å². The van der Waals surface area contributed by atoms with Gasteiger partial charge in [-0.15, -0.1) is 0 Å². The van der Waals surface area contributed by atoms with Crippen LogP contribution in [0.3, 0.4) is 0 Å². The van der Waals surface area contributed by atoms with Crippen LogP contribution in [0.1, 0.15) is 59.3 Å². The normalized spacial score (nSPS) is 7.33. The summed E-state index contributed by atoms with van der Waals surface area (Å²) in [6.07, 6.45) is 6.83. The van der Waals surface area contributed by atoms with Gasteiger partial charge in [-0.3, -0.25) is 0 Å². The Hall–Kier alpha value is 0.719. The summed E-state index contributed by atoms with van der Waals surface area (Å²) in [4.78, 5) is 0. The molecule has 0 aliphatic rings. The minimum Gasteiger partial charge on any atom is -0.359 e. The molecule has 18 heavy (non-hydrogen) atoms. The molecule has 0 fully saturated rings. The predicted molar refractivity (Wildman–Crippen MR) is 84.9 cm³/mol. The van der Waals surface area contributed by atoms with Gasteiger partial charge in [0.1, 0.15) is 6.79 Å². The molecule has 0 N–H and O–H groups in total. The van der Waals surface area contributed by atoms with E-state index in [1.807, 2.05) is 0 Å². The van der Waals surface area contributed by atoms with Gasteiger partial charge in [-0.25, -0.2) is 0 Å². The molecule has 8 radical (unpaired) electrons. The zero-order valence-electron chi connectivity index (χ0n) is 13.1. The van der Waals surface area contributed by atoms with Gasteiger partial charge in [-0.2, -0.15) is 0 Å². The molecule has 0 rings (SSSR count). The van der Waals surface area contributed by atoms with Crippen molar-refractivity contribution in [2.24, 2.45) is 0 Å². The van der Waals surface area contributed by atoms with Crippen LogP contribution in [-0.2, 0) is 9.47 Å². The third kappa shape index (κ3) is 126. The zero-order valence-corrected chi connectivity index (χ0v) is 15.9. The van der Waals surface area contributed by atoms with E-state index in [2.05, 4.69) is 58.1 Å².